The number of nitrogens with one attached hydrogen (secondary N) is 2. The first-order valence-corrected chi connectivity index (χ1v) is 7.65. The highest BCUT2D eigenvalue weighted by atomic mass is 19.1. The molecule has 0 radical (unpaired) electrons. The Morgan fingerprint density at radius 3 is 2.85 bits per heavy atom. The van der Waals surface area contributed by atoms with Crippen molar-refractivity contribution >= 4 is 17.6 Å². The van der Waals surface area contributed by atoms with Gasteiger partial charge in [0.1, 0.15) is 22.8 Å². The molecule has 8 nitrogen and oxygen atoms in total. The maximum Gasteiger partial charge on any atom is 0.288 e. The van der Waals surface area contributed by atoms with E-state index in [9.17, 15) is 14.0 Å². The molecule has 0 bridgehead atoms. The number of hydrogen-bond donors (Lipinski definition) is 3. The number of ether oxygens (including phenoxy) is 1. The van der Waals surface area contributed by atoms with E-state index in [1.54, 1.807) is 19.9 Å². The number of aromatic amines is 1. The van der Waals surface area contributed by atoms with Crippen LogP contribution in [0.4, 0.5) is 10.1 Å². The van der Waals surface area contributed by atoms with Crippen LogP contribution in [0.2, 0.25) is 0 Å². The van der Waals surface area contributed by atoms with Gasteiger partial charge in [0.05, 0.1) is 6.20 Å². The lowest BCUT2D eigenvalue weighted by molar-refractivity contribution is 0.102. The summed E-state index contributed by atoms with van der Waals surface area (Å²) < 4.78 is 19.6. The van der Waals surface area contributed by atoms with E-state index in [1.807, 2.05) is 0 Å². The van der Waals surface area contributed by atoms with Crippen LogP contribution < -0.4 is 16.6 Å². The number of amidine groups is 1. The van der Waals surface area contributed by atoms with E-state index in [4.69, 9.17) is 10.5 Å². The molecule has 3 rings (SSSR count). The van der Waals surface area contributed by atoms with E-state index in [0.29, 0.717) is 11.4 Å². The van der Waals surface area contributed by atoms with Crippen molar-refractivity contribution in [3.63, 3.8) is 0 Å². The molecule has 26 heavy (non-hydrogen) atoms. The Labute approximate surface area is 147 Å². The molecule has 2 heterocycles. The second-order valence-corrected chi connectivity index (χ2v) is 5.90. The maximum absolute atomic E-state index is 14.4. The van der Waals surface area contributed by atoms with Crippen molar-refractivity contribution in [2.45, 2.75) is 19.4 Å². The molecule has 0 fully saturated rings. The van der Waals surface area contributed by atoms with Gasteiger partial charge in [-0.15, -0.1) is 0 Å². The number of allylic oxidation sites excluding steroid dienone is 1. The van der Waals surface area contributed by atoms with Crippen molar-refractivity contribution in [2.75, 3.05) is 5.32 Å². The van der Waals surface area contributed by atoms with Gasteiger partial charge in [0.25, 0.3) is 17.5 Å². The molecule has 2 aromatic rings. The van der Waals surface area contributed by atoms with Crippen molar-refractivity contribution in [1.29, 1.82) is 0 Å². The highest BCUT2D eigenvalue weighted by molar-refractivity contribution is 6.02. The lowest BCUT2D eigenvalue weighted by atomic mass is 9.90. The molecule has 1 aliphatic rings. The number of H-pyrrole nitrogens is 1. The highest BCUT2D eigenvalue weighted by Gasteiger charge is 2.31. The molecular weight excluding hydrogens is 341 g/mol. The van der Waals surface area contributed by atoms with E-state index >= 15 is 0 Å². The quantitative estimate of drug-likeness (QED) is 0.770. The SMILES string of the molecule is CC1=C[C@@](C)(c2cc(NC(=O)c3c[nH]c(=O)cn3)ccc2F)N=C(N)O1. The molecular formula is C17H16FN5O3. The fraction of sp³-hybridized carbons (Fsp3) is 0.176. The Balaban J connectivity index is 1.93. The number of hydrogen-bond acceptors (Lipinski definition) is 6. The number of aliphatic imine (C=N–C) groups is 1. The number of nitrogens with zero attached hydrogens (tertiary/aromatic N) is 2. The van der Waals surface area contributed by atoms with Crippen molar-refractivity contribution in [1.82, 2.24) is 9.97 Å². The van der Waals surface area contributed by atoms with Crippen molar-refractivity contribution < 1.29 is 13.9 Å². The number of rotatable bonds is 3. The molecule has 1 aliphatic heterocycles. The summed E-state index contributed by atoms with van der Waals surface area (Å²) in [6, 6.07) is 4.03. The number of benzene rings is 1. The minimum absolute atomic E-state index is 0.0192. The standard InChI is InChI=1S/C17H16FN5O3/c1-9-6-17(2,23-16(19)26-9)11-5-10(3-4-12(11)18)22-15(25)13-7-21-14(24)8-20-13/h3-8H,1-2H3,(H2,19,23)(H,21,24)(H,22,25)/t17-/m0/s1. The number of aromatic nitrogens is 2. The first-order chi connectivity index (χ1) is 12.3. The summed E-state index contributed by atoms with van der Waals surface area (Å²) in [6.45, 7) is 3.37. The number of amides is 1. The van der Waals surface area contributed by atoms with E-state index in [0.717, 1.165) is 6.20 Å². The predicted molar refractivity (Wildman–Crippen MR) is 93.0 cm³/mol. The van der Waals surface area contributed by atoms with E-state index in [2.05, 4.69) is 20.3 Å². The Hall–Kier alpha value is -3.49. The summed E-state index contributed by atoms with van der Waals surface area (Å²) in [7, 11) is 0. The Morgan fingerprint density at radius 2 is 2.19 bits per heavy atom. The summed E-state index contributed by atoms with van der Waals surface area (Å²) in [4.78, 5) is 33.5. The number of halogens is 1. The molecule has 1 aromatic carbocycles. The fourth-order valence-electron chi connectivity index (χ4n) is 2.66. The zero-order valence-electron chi connectivity index (χ0n) is 14.0. The van der Waals surface area contributed by atoms with Gasteiger partial charge >= 0.3 is 0 Å². The predicted octanol–water partition coefficient (Wildman–Crippen LogP) is 1.63. The second kappa shape index (κ2) is 6.43. The summed E-state index contributed by atoms with van der Waals surface area (Å²) in [5.74, 6) is -0.563. The lowest BCUT2D eigenvalue weighted by Crippen LogP contribution is -2.30. The zero-order chi connectivity index (χ0) is 18.9. The van der Waals surface area contributed by atoms with Crippen LogP contribution in [0.15, 0.2) is 52.2 Å². The number of anilines is 1. The lowest BCUT2D eigenvalue weighted by Gasteiger charge is -2.27. The van der Waals surface area contributed by atoms with Crippen LogP contribution in [0.25, 0.3) is 0 Å². The number of nitrogens with two attached hydrogens (primary N) is 1. The zero-order valence-corrected chi connectivity index (χ0v) is 14.0. The Morgan fingerprint density at radius 1 is 1.42 bits per heavy atom. The van der Waals surface area contributed by atoms with Gasteiger partial charge in [-0.1, -0.05) is 0 Å². The second-order valence-electron chi connectivity index (χ2n) is 5.90. The summed E-state index contributed by atoms with van der Waals surface area (Å²) in [6.07, 6.45) is 3.83. The van der Waals surface area contributed by atoms with Gasteiger partial charge in [-0.05, 0) is 38.1 Å². The molecule has 0 aliphatic carbocycles. The van der Waals surface area contributed by atoms with Crippen LogP contribution in [0.5, 0.6) is 0 Å². The minimum Gasteiger partial charge on any atom is -0.431 e. The fourth-order valence-corrected chi connectivity index (χ4v) is 2.66. The molecule has 1 amide bonds. The maximum atomic E-state index is 14.4. The third-order valence-electron chi connectivity index (χ3n) is 3.77. The molecule has 1 atom stereocenters. The smallest absolute Gasteiger partial charge is 0.288 e. The Bertz CT molecular complexity index is 958. The molecule has 0 saturated heterocycles. The van der Waals surface area contributed by atoms with Crippen LogP contribution in [-0.4, -0.2) is 21.9 Å². The minimum atomic E-state index is -1.08. The summed E-state index contributed by atoms with van der Waals surface area (Å²) >= 11 is 0. The van der Waals surface area contributed by atoms with Gasteiger partial charge in [-0.2, -0.15) is 0 Å². The van der Waals surface area contributed by atoms with Gasteiger partial charge in [0.2, 0.25) is 0 Å². The molecule has 0 saturated carbocycles. The van der Waals surface area contributed by atoms with Crippen LogP contribution >= 0.6 is 0 Å². The first-order valence-electron chi connectivity index (χ1n) is 7.65. The molecule has 134 valence electrons. The van der Waals surface area contributed by atoms with Crippen molar-refractivity contribution in [2.24, 2.45) is 10.7 Å². The van der Waals surface area contributed by atoms with Crippen LogP contribution in [-0.2, 0) is 10.3 Å². The van der Waals surface area contributed by atoms with E-state index < -0.39 is 22.8 Å². The van der Waals surface area contributed by atoms with E-state index in [-0.39, 0.29) is 17.3 Å². The molecule has 0 spiro atoms. The van der Waals surface area contributed by atoms with Gasteiger partial charge < -0.3 is 20.8 Å². The summed E-state index contributed by atoms with van der Waals surface area (Å²) in [5, 5.41) is 2.60. The number of carbonyl (C=O) groups excluding carboxylic acids is 1. The Kier molecular flexibility index (Phi) is 4.29. The molecule has 4 N–H and O–H groups in total. The van der Waals surface area contributed by atoms with Crippen molar-refractivity contribution in [3.8, 4) is 0 Å². The average molecular weight is 357 g/mol. The largest absolute Gasteiger partial charge is 0.431 e. The molecule has 9 heteroatoms. The van der Waals surface area contributed by atoms with Gasteiger partial charge in [-0.3, -0.25) is 9.59 Å². The van der Waals surface area contributed by atoms with Gasteiger partial charge in [0.15, 0.2) is 0 Å². The van der Waals surface area contributed by atoms with Crippen LogP contribution in [0.1, 0.15) is 29.9 Å². The summed E-state index contributed by atoms with van der Waals surface area (Å²) in [5.41, 5.74) is 4.73. The van der Waals surface area contributed by atoms with Crippen LogP contribution in [0, 0.1) is 5.82 Å². The van der Waals surface area contributed by atoms with E-state index in [1.165, 1.54) is 24.4 Å². The number of carbonyl (C=O) groups is 1. The van der Waals surface area contributed by atoms with Gasteiger partial charge in [-0.25, -0.2) is 14.4 Å². The van der Waals surface area contributed by atoms with Crippen LogP contribution in [0.3, 0.4) is 0 Å². The normalized spacial score (nSPS) is 19.2. The topological polar surface area (TPSA) is 122 Å². The van der Waals surface area contributed by atoms with Crippen molar-refractivity contribution in [3.05, 3.63) is 69.9 Å². The third-order valence-corrected chi connectivity index (χ3v) is 3.77. The monoisotopic (exact) mass is 357 g/mol. The average Bonchev–Trinajstić information content (AvgIpc) is 2.55. The third kappa shape index (κ3) is 3.46. The molecule has 0 unspecified atom stereocenters. The molecule has 1 aromatic heterocycles. The highest BCUT2D eigenvalue weighted by Crippen LogP contribution is 2.34. The van der Waals surface area contributed by atoms with Gasteiger partial charge in [0, 0.05) is 17.4 Å². The first kappa shape index (κ1) is 17.3.